The van der Waals surface area contributed by atoms with Gasteiger partial charge in [0.1, 0.15) is 11.8 Å². The molecule has 2 atom stereocenters. The molecule has 0 unspecified atom stereocenters. The highest BCUT2D eigenvalue weighted by Crippen LogP contribution is 2.33. The first-order chi connectivity index (χ1) is 19.6. The van der Waals surface area contributed by atoms with E-state index in [1.807, 2.05) is 52.9 Å². The van der Waals surface area contributed by atoms with Crippen LogP contribution in [0.4, 0.5) is 0 Å². The summed E-state index contributed by atoms with van der Waals surface area (Å²) in [7, 11) is 1.42. The van der Waals surface area contributed by atoms with Crippen LogP contribution in [0.15, 0.2) is 65.8 Å². The number of nitrogens with one attached hydrogen (secondary N) is 2. The first kappa shape index (κ1) is 32.0. The van der Waals surface area contributed by atoms with Crippen molar-refractivity contribution in [1.82, 2.24) is 10.7 Å². The number of methoxy groups -OCH3 is 1. The molecule has 3 aromatic carbocycles. The summed E-state index contributed by atoms with van der Waals surface area (Å²) in [6, 6.07) is 16.1. The van der Waals surface area contributed by atoms with E-state index < -0.39 is 36.5 Å². The van der Waals surface area contributed by atoms with Crippen LogP contribution in [0.2, 0.25) is 10.0 Å². The normalized spacial score (nSPS) is 12.3. The number of carboxylic acids is 1. The first-order valence-electron chi connectivity index (χ1n) is 12.1. The van der Waals surface area contributed by atoms with Crippen molar-refractivity contribution in [2.24, 2.45) is 5.10 Å². The Hall–Kier alpha value is -3.55. The Balaban J connectivity index is 1.72. The van der Waals surface area contributed by atoms with Gasteiger partial charge in [-0.25, -0.2) is 10.2 Å². The van der Waals surface area contributed by atoms with Crippen LogP contribution in [0.5, 0.6) is 17.2 Å². The molecule has 0 saturated heterocycles. The summed E-state index contributed by atoms with van der Waals surface area (Å²) in [5.74, 6) is -1.36. The fourth-order valence-corrected chi connectivity index (χ4v) is 4.73. The van der Waals surface area contributed by atoms with Crippen LogP contribution in [0.25, 0.3) is 0 Å². The smallest absolute Gasteiger partial charge is 0.341 e. The lowest BCUT2D eigenvalue weighted by Gasteiger charge is -2.21. The Bertz CT molecular complexity index is 1420. The van der Waals surface area contributed by atoms with Crippen molar-refractivity contribution in [2.75, 3.05) is 13.7 Å². The molecule has 41 heavy (non-hydrogen) atoms. The molecule has 0 radical (unpaired) electrons. The minimum absolute atomic E-state index is 0.198. The van der Waals surface area contributed by atoms with E-state index >= 15 is 0 Å². The summed E-state index contributed by atoms with van der Waals surface area (Å²) < 4.78 is 16.9. The van der Waals surface area contributed by atoms with Crippen molar-refractivity contribution in [3.05, 3.63) is 85.4 Å². The summed E-state index contributed by atoms with van der Waals surface area (Å²) in [6.45, 7) is 1.01. The van der Waals surface area contributed by atoms with Gasteiger partial charge in [0, 0.05) is 11.4 Å². The molecule has 0 heterocycles. The van der Waals surface area contributed by atoms with Crippen LogP contribution in [-0.2, 0) is 20.8 Å². The summed E-state index contributed by atoms with van der Waals surface area (Å²) in [5, 5.41) is 16.3. The third-order valence-corrected chi connectivity index (χ3v) is 6.79. The molecule has 2 amide bonds. The lowest BCUT2D eigenvalue weighted by molar-refractivity contribution is -0.139. The van der Waals surface area contributed by atoms with Crippen LogP contribution in [0.3, 0.4) is 0 Å². The quantitative estimate of drug-likeness (QED) is 0.133. The standard InChI is InChI=1S/C28H26Cl2IN3O7/c1-16(41-23-9-8-19(29)13-20(23)30)27(37)33-22(11-17-6-4-3-5-7-17)28(38)34-32-14-18-10-21(31)26(24(12-18)39-2)40-15-25(35)36/h3-10,12-14,16,22H,11,15H2,1-2H3,(H,33,37)(H,34,38)(H,35,36)/b32-14-/t16-,22+/m0/s1. The highest BCUT2D eigenvalue weighted by Gasteiger charge is 2.25. The van der Waals surface area contributed by atoms with Gasteiger partial charge in [0.2, 0.25) is 0 Å². The number of carbonyl (C=O) groups excluding carboxylic acids is 2. The predicted molar refractivity (Wildman–Crippen MR) is 163 cm³/mol. The zero-order valence-corrected chi connectivity index (χ0v) is 25.6. The molecule has 10 nitrogen and oxygen atoms in total. The van der Waals surface area contributed by atoms with Gasteiger partial charge in [-0.1, -0.05) is 53.5 Å². The lowest BCUT2D eigenvalue weighted by Crippen LogP contribution is -2.50. The zero-order valence-electron chi connectivity index (χ0n) is 21.9. The number of amides is 2. The molecular weight excluding hydrogens is 688 g/mol. The van der Waals surface area contributed by atoms with Crippen molar-refractivity contribution in [1.29, 1.82) is 0 Å². The number of benzene rings is 3. The molecule has 0 spiro atoms. The van der Waals surface area contributed by atoms with E-state index in [1.165, 1.54) is 26.3 Å². The van der Waals surface area contributed by atoms with E-state index in [0.717, 1.165) is 5.56 Å². The SMILES string of the molecule is COc1cc(/C=N\NC(=O)[C@@H](Cc2ccccc2)NC(=O)[C@H](C)Oc2ccc(Cl)cc2Cl)cc(I)c1OCC(=O)O. The van der Waals surface area contributed by atoms with Gasteiger partial charge in [0.05, 0.1) is 21.9 Å². The molecule has 0 aliphatic heterocycles. The van der Waals surface area contributed by atoms with Crippen LogP contribution >= 0.6 is 45.8 Å². The summed E-state index contributed by atoms with van der Waals surface area (Å²) in [6.07, 6.45) is 0.614. The van der Waals surface area contributed by atoms with Crippen LogP contribution < -0.4 is 25.0 Å². The molecule has 3 rings (SSSR count). The van der Waals surface area contributed by atoms with Crippen molar-refractivity contribution in [2.45, 2.75) is 25.5 Å². The molecule has 3 aromatic rings. The highest BCUT2D eigenvalue weighted by molar-refractivity contribution is 14.1. The second-order valence-corrected chi connectivity index (χ2v) is 10.5. The topological polar surface area (TPSA) is 136 Å². The van der Waals surface area contributed by atoms with Crippen molar-refractivity contribution < 1.29 is 33.7 Å². The summed E-state index contributed by atoms with van der Waals surface area (Å²) >= 11 is 14.1. The number of aliphatic carboxylic acids is 1. The van der Waals surface area contributed by atoms with Gasteiger partial charge >= 0.3 is 5.97 Å². The monoisotopic (exact) mass is 713 g/mol. The molecule has 0 saturated carbocycles. The molecule has 0 bridgehead atoms. The van der Waals surface area contributed by atoms with E-state index in [4.69, 9.17) is 42.5 Å². The number of rotatable bonds is 13. The minimum Gasteiger partial charge on any atom is -0.493 e. The Labute approximate surface area is 260 Å². The molecule has 0 aromatic heterocycles. The van der Waals surface area contributed by atoms with Gasteiger partial charge in [-0.3, -0.25) is 9.59 Å². The number of ether oxygens (including phenoxy) is 3. The van der Waals surface area contributed by atoms with E-state index in [2.05, 4.69) is 15.8 Å². The maximum atomic E-state index is 13.1. The van der Waals surface area contributed by atoms with Gasteiger partial charge in [-0.2, -0.15) is 5.10 Å². The number of carboxylic acid groups (broad SMARTS) is 1. The third-order valence-electron chi connectivity index (χ3n) is 5.46. The van der Waals surface area contributed by atoms with Gasteiger partial charge in [0.15, 0.2) is 24.2 Å². The van der Waals surface area contributed by atoms with Gasteiger partial charge in [0.25, 0.3) is 11.8 Å². The van der Waals surface area contributed by atoms with Crippen LogP contribution in [-0.4, -0.2) is 55.0 Å². The number of hydrogen-bond acceptors (Lipinski definition) is 7. The average molecular weight is 714 g/mol. The van der Waals surface area contributed by atoms with Crippen molar-refractivity contribution >= 4 is 69.8 Å². The summed E-state index contributed by atoms with van der Waals surface area (Å²) in [5.41, 5.74) is 3.84. The van der Waals surface area contributed by atoms with E-state index in [-0.39, 0.29) is 22.9 Å². The largest absolute Gasteiger partial charge is 0.493 e. The predicted octanol–water partition coefficient (Wildman–Crippen LogP) is 4.72. The molecule has 0 aliphatic rings. The zero-order chi connectivity index (χ0) is 29.9. The number of halogens is 3. The van der Waals surface area contributed by atoms with E-state index in [0.29, 0.717) is 19.9 Å². The van der Waals surface area contributed by atoms with Crippen molar-refractivity contribution in [3.63, 3.8) is 0 Å². The third kappa shape index (κ3) is 9.80. The first-order valence-corrected chi connectivity index (χ1v) is 13.9. The highest BCUT2D eigenvalue weighted by atomic mass is 127. The van der Waals surface area contributed by atoms with Crippen LogP contribution in [0.1, 0.15) is 18.1 Å². The molecule has 216 valence electrons. The Kier molecular flexibility index (Phi) is 12.0. The Morgan fingerprint density at radius 1 is 1.05 bits per heavy atom. The second kappa shape index (κ2) is 15.5. The van der Waals surface area contributed by atoms with E-state index in [9.17, 15) is 14.4 Å². The molecule has 0 aliphatic carbocycles. The number of hydrazone groups is 1. The fraction of sp³-hybridized carbons (Fsp3) is 0.214. The molecule has 13 heteroatoms. The second-order valence-electron chi connectivity index (χ2n) is 8.54. The van der Waals surface area contributed by atoms with Crippen LogP contribution in [0, 0.1) is 3.57 Å². The summed E-state index contributed by atoms with van der Waals surface area (Å²) in [4.78, 5) is 37.0. The van der Waals surface area contributed by atoms with Gasteiger partial charge in [-0.15, -0.1) is 0 Å². The maximum Gasteiger partial charge on any atom is 0.341 e. The maximum absolute atomic E-state index is 13.1. The lowest BCUT2D eigenvalue weighted by atomic mass is 10.1. The fourth-order valence-electron chi connectivity index (χ4n) is 3.50. The number of nitrogens with zero attached hydrogens (tertiary/aromatic N) is 1. The van der Waals surface area contributed by atoms with Gasteiger partial charge in [-0.05, 0) is 71.0 Å². The minimum atomic E-state index is -1.12. The number of carbonyl (C=O) groups is 3. The average Bonchev–Trinajstić information content (AvgIpc) is 2.93. The number of hydrogen-bond donors (Lipinski definition) is 3. The van der Waals surface area contributed by atoms with Crippen molar-refractivity contribution in [3.8, 4) is 17.2 Å². The van der Waals surface area contributed by atoms with Gasteiger partial charge < -0.3 is 24.6 Å². The molecule has 0 fully saturated rings. The van der Waals surface area contributed by atoms with E-state index in [1.54, 1.807) is 24.3 Å². The molecular formula is C28H26Cl2IN3O7. The molecule has 3 N–H and O–H groups in total. The Morgan fingerprint density at radius 3 is 2.44 bits per heavy atom. The Morgan fingerprint density at radius 2 is 1.78 bits per heavy atom.